The lowest BCUT2D eigenvalue weighted by molar-refractivity contribution is 0.0963. The summed E-state index contributed by atoms with van der Waals surface area (Å²) in [4.78, 5) is 16.1. The van der Waals surface area contributed by atoms with Crippen LogP contribution in [0, 0.1) is 5.92 Å². The zero-order valence-electron chi connectivity index (χ0n) is 14.8. The van der Waals surface area contributed by atoms with Crippen molar-refractivity contribution in [1.29, 1.82) is 0 Å². The van der Waals surface area contributed by atoms with E-state index in [9.17, 15) is 4.79 Å². The van der Waals surface area contributed by atoms with Gasteiger partial charge in [-0.25, -0.2) is 4.99 Å². The minimum atomic E-state index is -0.0693. The van der Waals surface area contributed by atoms with Crippen LogP contribution in [-0.4, -0.2) is 32.0 Å². The van der Waals surface area contributed by atoms with Gasteiger partial charge in [0.2, 0.25) is 0 Å². The molecule has 128 valence electrons. The molecule has 23 heavy (non-hydrogen) atoms. The highest BCUT2D eigenvalue weighted by molar-refractivity contribution is 5.93. The van der Waals surface area contributed by atoms with Crippen molar-refractivity contribution in [3.63, 3.8) is 0 Å². The molecule has 5 heteroatoms. The summed E-state index contributed by atoms with van der Waals surface area (Å²) in [6, 6.07) is 7.53. The van der Waals surface area contributed by atoms with Crippen LogP contribution >= 0.6 is 0 Å². The predicted octanol–water partition coefficient (Wildman–Crippen LogP) is 2.54. The lowest BCUT2D eigenvalue weighted by Crippen LogP contribution is -2.37. The van der Waals surface area contributed by atoms with Gasteiger partial charge in [-0.05, 0) is 43.4 Å². The second-order valence-corrected chi connectivity index (χ2v) is 5.93. The normalized spacial score (nSPS) is 11.4. The van der Waals surface area contributed by atoms with Crippen molar-refractivity contribution >= 4 is 11.9 Å². The van der Waals surface area contributed by atoms with Crippen molar-refractivity contribution in [2.45, 2.75) is 40.2 Å². The molecule has 0 aliphatic heterocycles. The lowest BCUT2D eigenvalue weighted by Gasteiger charge is -2.12. The van der Waals surface area contributed by atoms with Gasteiger partial charge in [-0.3, -0.25) is 4.79 Å². The Hall–Kier alpha value is -2.04. The second-order valence-electron chi connectivity index (χ2n) is 5.93. The van der Waals surface area contributed by atoms with Crippen LogP contribution in [0.15, 0.2) is 29.3 Å². The molecule has 0 fully saturated rings. The third kappa shape index (κ3) is 7.68. The van der Waals surface area contributed by atoms with Crippen molar-refractivity contribution in [3.05, 3.63) is 35.4 Å². The number of carbonyl (C=O) groups excluding carboxylic acids is 1. The first-order valence-electron chi connectivity index (χ1n) is 8.40. The Balaban J connectivity index is 2.53. The number of aliphatic imine (C=N–C) groups is 1. The van der Waals surface area contributed by atoms with E-state index in [4.69, 9.17) is 0 Å². The Morgan fingerprint density at radius 3 is 2.43 bits per heavy atom. The summed E-state index contributed by atoms with van der Waals surface area (Å²) in [6.45, 7) is 8.89. The zero-order chi connectivity index (χ0) is 17.1. The predicted molar refractivity (Wildman–Crippen MR) is 96.7 cm³/mol. The second kappa shape index (κ2) is 10.6. The number of hydrogen-bond donors (Lipinski definition) is 3. The number of nitrogens with zero attached hydrogens (tertiary/aromatic N) is 1. The molecule has 0 heterocycles. The van der Waals surface area contributed by atoms with Crippen LogP contribution in [0.1, 0.15) is 49.5 Å². The third-order valence-electron chi connectivity index (χ3n) is 3.46. The number of nitrogens with one attached hydrogen (secondary N) is 3. The molecule has 1 amide bonds. The molecule has 0 unspecified atom stereocenters. The molecule has 0 spiro atoms. The average Bonchev–Trinajstić information content (AvgIpc) is 2.56. The van der Waals surface area contributed by atoms with E-state index in [1.165, 1.54) is 6.42 Å². The Morgan fingerprint density at radius 1 is 1.17 bits per heavy atom. The molecule has 3 N–H and O–H groups in total. The highest BCUT2D eigenvalue weighted by atomic mass is 16.1. The van der Waals surface area contributed by atoms with Crippen molar-refractivity contribution in [1.82, 2.24) is 16.0 Å². The summed E-state index contributed by atoms with van der Waals surface area (Å²) in [6.07, 6.45) is 2.36. The summed E-state index contributed by atoms with van der Waals surface area (Å²) >= 11 is 0. The van der Waals surface area contributed by atoms with Gasteiger partial charge in [0.25, 0.3) is 5.91 Å². The quantitative estimate of drug-likeness (QED) is 0.392. The van der Waals surface area contributed by atoms with Gasteiger partial charge in [-0.15, -0.1) is 0 Å². The maximum absolute atomic E-state index is 11.5. The maximum atomic E-state index is 11.5. The molecule has 1 aromatic carbocycles. The van der Waals surface area contributed by atoms with Crippen LogP contribution in [0.25, 0.3) is 0 Å². The van der Waals surface area contributed by atoms with E-state index in [-0.39, 0.29) is 5.91 Å². The maximum Gasteiger partial charge on any atom is 0.251 e. The van der Waals surface area contributed by atoms with Gasteiger partial charge in [0.1, 0.15) is 0 Å². The molecule has 0 aliphatic carbocycles. The number of rotatable bonds is 8. The SMILES string of the molecule is CCNC(=NCc1ccc(C(=O)NC)cc1)NCCCC(C)C. The van der Waals surface area contributed by atoms with E-state index < -0.39 is 0 Å². The van der Waals surface area contributed by atoms with E-state index in [0.717, 1.165) is 37.0 Å². The van der Waals surface area contributed by atoms with Gasteiger partial charge in [-0.2, -0.15) is 0 Å². The first kappa shape index (κ1) is 19.0. The Morgan fingerprint density at radius 2 is 1.87 bits per heavy atom. The molecule has 0 aromatic heterocycles. The molecule has 1 aromatic rings. The van der Waals surface area contributed by atoms with Crippen LogP contribution < -0.4 is 16.0 Å². The Bertz CT molecular complexity index is 494. The van der Waals surface area contributed by atoms with Crippen molar-refractivity contribution in [2.24, 2.45) is 10.9 Å². The first-order chi connectivity index (χ1) is 11.1. The Kier molecular flexibility index (Phi) is 8.80. The molecule has 0 saturated carbocycles. The summed E-state index contributed by atoms with van der Waals surface area (Å²) < 4.78 is 0. The van der Waals surface area contributed by atoms with E-state index in [0.29, 0.717) is 12.1 Å². The third-order valence-corrected chi connectivity index (χ3v) is 3.46. The Labute approximate surface area is 140 Å². The average molecular weight is 318 g/mol. The van der Waals surface area contributed by atoms with Crippen molar-refractivity contribution in [3.8, 4) is 0 Å². The molecule has 0 radical (unpaired) electrons. The van der Waals surface area contributed by atoms with E-state index in [1.807, 2.05) is 24.3 Å². The molecular weight excluding hydrogens is 288 g/mol. The van der Waals surface area contributed by atoms with Gasteiger partial charge in [0.05, 0.1) is 6.54 Å². The fourth-order valence-corrected chi connectivity index (χ4v) is 2.14. The van der Waals surface area contributed by atoms with E-state index in [1.54, 1.807) is 7.05 Å². The minimum absolute atomic E-state index is 0.0693. The number of hydrogen-bond acceptors (Lipinski definition) is 2. The van der Waals surface area contributed by atoms with Crippen LogP contribution in [0.2, 0.25) is 0 Å². The standard InChI is InChI=1S/C18H30N4O/c1-5-20-18(21-12-6-7-14(2)3)22-13-15-8-10-16(11-9-15)17(23)19-4/h8-11,14H,5-7,12-13H2,1-4H3,(H,19,23)(H2,20,21,22). The van der Waals surface area contributed by atoms with Crippen LogP contribution in [0.5, 0.6) is 0 Å². The summed E-state index contributed by atoms with van der Waals surface area (Å²) in [5.41, 5.74) is 1.75. The molecule has 0 atom stereocenters. The van der Waals surface area contributed by atoms with Crippen LogP contribution in [0.4, 0.5) is 0 Å². The number of carbonyl (C=O) groups is 1. The topological polar surface area (TPSA) is 65.5 Å². The molecule has 5 nitrogen and oxygen atoms in total. The first-order valence-corrected chi connectivity index (χ1v) is 8.40. The number of benzene rings is 1. The fourth-order valence-electron chi connectivity index (χ4n) is 2.14. The van der Waals surface area contributed by atoms with E-state index in [2.05, 4.69) is 41.7 Å². The molecular formula is C18H30N4O. The zero-order valence-corrected chi connectivity index (χ0v) is 14.8. The lowest BCUT2D eigenvalue weighted by atomic mass is 10.1. The minimum Gasteiger partial charge on any atom is -0.357 e. The largest absolute Gasteiger partial charge is 0.357 e. The molecule has 0 aliphatic rings. The van der Waals surface area contributed by atoms with Crippen molar-refractivity contribution < 1.29 is 4.79 Å². The van der Waals surface area contributed by atoms with Gasteiger partial charge in [0.15, 0.2) is 5.96 Å². The molecule has 1 rings (SSSR count). The highest BCUT2D eigenvalue weighted by Gasteiger charge is 2.02. The van der Waals surface area contributed by atoms with Gasteiger partial charge < -0.3 is 16.0 Å². The van der Waals surface area contributed by atoms with Crippen LogP contribution in [-0.2, 0) is 6.54 Å². The number of guanidine groups is 1. The molecule has 0 bridgehead atoms. The van der Waals surface area contributed by atoms with Crippen molar-refractivity contribution in [2.75, 3.05) is 20.1 Å². The van der Waals surface area contributed by atoms with Gasteiger partial charge in [-0.1, -0.05) is 26.0 Å². The number of amides is 1. The summed E-state index contributed by atoms with van der Waals surface area (Å²) in [5.74, 6) is 1.50. The van der Waals surface area contributed by atoms with E-state index >= 15 is 0 Å². The van der Waals surface area contributed by atoms with Gasteiger partial charge in [0, 0.05) is 25.7 Å². The van der Waals surface area contributed by atoms with Gasteiger partial charge >= 0.3 is 0 Å². The highest BCUT2D eigenvalue weighted by Crippen LogP contribution is 2.06. The summed E-state index contributed by atoms with van der Waals surface area (Å²) in [7, 11) is 1.63. The van der Waals surface area contributed by atoms with Crippen LogP contribution in [0.3, 0.4) is 0 Å². The monoisotopic (exact) mass is 318 g/mol. The molecule has 0 saturated heterocycles. The smallest absolute Gasteiger partial charge is 0.251 e. The fraction of sp³-hybridized carbons (Fsp3) is 0.556. The summed E-state index contributed by atoms with van der Waals surface area (Å²) in [5, 5.41) is 9.23.